The fourth-order valence-corrected chi connectivity index (χ4v) is 13.0. The smallest absolute Gasteiger partial charge is 0.219 e. The number of imidazole rings is 2. The Kier molecular flexibility index (Phi) is 19.1. The van der Waals surface area contributed by atoms with Crippen molar-refractivity contribution in [3.63, 3.8) is 0 Å². The number of hydrogen-bond donors (Lipinski definition) is 0. The minimum Gasteiger partial charge on any atom is -0.491 e. The minimum absolute atomic E-state index is 0.0438. The first-order chi connectivity index (χ1) is 41.5. The van der Waals surface area contributed by atoms with Gasteiger partial charge >= 0.3 is 0 Å². The van der Waals surface area contributed by atoms with Crippen molar-refractivity contribution in [1.82, 2.24) is 43.8 Å². The van der Waals surface area contributed by atoms with Crippen LogP contribution >= 0.6 is 46.1 Å². The molecule has 3 aliphatic heterocycles. The van der Waals surface area contributed by atoms with E-state index in [1.165, 1.54) is 27.0 Å². The maximum atomic E-state index is 11.6. The van der Waals surface area contributed by atoms with Gasteiger partial charge in [0.25, 0.3) is 0 Å². The van der Waals surface area contributed by atoms with E-state index >= 15 is 0 Å². The number of ether oxygens (including phenoxy) is 3. The van der Waals surface area contributed by atoms with Crippen LogP contribution < -0.4 is 9.64 Å². The van der Waals surface area contributed by atoms with Crippen molar-refractivity contribution in [1.29, 1.82) is 0 Å². The fourth-order valence-electron chi connectivity index (χ4n) is 11.3. The highest BCUT2D eigenvalue weighted by Crippen LogP contribution is 2.41. The molecule has 2 unspecified atom stereocenters. The molecule has 4 atom stereocenters. The summed E-state index contributed by atoms with van der Waals surface area (Å²) >= 11 is 20.6. The van der Waals surface area contributed by atoms with Gasteiger partial charge in [-0.3, -0.25) is 9.79 Å². The van der Waals surface area contributed by atoms with Gasteiger partial charge in [0.2, 0.25) is 11.7 Å². The number of thiazole rings is 1. The highest BCUT2D eigenvalue weighted by Gasteiger charge is 2.45. The Morgan fingerprint density at radius 1 is 0.776 bits per heavy atom. The standard InChI is InChI=1S/C26H28Cl2N4O4.C22H24N4S.C18H14ClN3/c1-19(33)31-10-12-32(13-11-31)21-3-5-22(6-4-21)34-15-23-16-35-26(36-23,17-30-9-8-29-18-30)24-7-2-20(27)14-25(24)28;1-3-17(4-2)22(26-15-23-14-24-26)18-11-9-16(10-12-18)13-21-25-19-7-5-6-8-20(19)27-21;19-16-3-1-2-14(10-16)18(22-9-8-20-12-22)15-5-4-13-6-7-21-17(13)11-15/h2-9,14,18,23H,10-13,15-17H2,1H3;5-12,14-15,17,22H,3-4,13H2,1-2H3;1-5,7-12,18H,6H2/t23-,26-;;/m0../s1. The Morgan fingerprint density at radius 2 is 1.54 bits per heavy atom. The average Bonchev–Trinajstić information content (AvgIpc) is 3.06. The van der Waals surface area contributed by atoms with Crippen LogP contribution in [0.4, 0.5) is 11.4 Å². The number of benzene rings is 6. The molecule has 6 aromatic carbocycles. The van der Waals surface area contributed by atoms with Gasteiger partial charge in [-0.1, -0.05) is 128 Å². The number of fused-ring (bicyclic) bond motifs is 2. The van der Waals surface area contributed by atoms with Crippen LogP contribution in [-0.4, -0.2) is 101 Å². The molecule has 4 aromatic heterocycles. The molecule has 0 radical (unpaired) electrons. The molecule has 0 saturated carbocycles. The Bertz CT molecular complexity index is 3760. The zero-order chi connectivity index (χ0) is 58.7. The SMILES string of the molecule is CC(=O)N1CCN(c2ccc(OC[C@H]3CO[C@](Cn4ccnc4)(c4ccc(Cl)cc4Cl)O3)cc2)CC1.CCC(CC)C(c1ccc(Cc2nc3ccccc3s2)cc1)n1cncn1.Clc1cccc(C(c2ccc3c(c2)N=CC3)n2ccnc2)c1. The number of amides is 1. The molecule has 1 amide bonds. The van der Waals surface area contributed by atoms with Gasteiger partial charge in [-0.2, -0.15) is 5.10 Å². The first kappa shape index (κ1) is 59.0. The summed E-state index contributed by atoms with van der Waals surface area (Å²) in [5.41, 5.74) is 10.1. The molecule has 2 fully saturated rings. The van der Waals surface area contributed by atoms with Crippen molar-refractivity contribution in [2.24, 2.45) is 10.9 Å². The number of hydrogen-bond acceptors (Lipinski definition) is 12. The van der Waals surface area contributed by atoms with Crippen LogP contribution in [0.1, 0.15) is 84.1 Å². The predicted octanol–water partition coefficient (Wildman–Crippen LogP) is 14.1. The normalized spacial score (nSPS) is 17.0. The molecular formula is C66H66Cl3N11O4S. The molecule has 0 bridgehead atoms. The maximum Gasteiger partial charge on any atom is 0.219 e. The van der Waals surface area contributed by atoms with E-state index in [0.29, 0.717) is 41.3 Å². The molecule has 13 rings (SSSR count). The van der Waals surface area contributed by atoms with Crippen LogP contribution in [-0.2, 0) is 39.4 Å². The lowest BCUT2D eigenvalue weighted by atomic mass is 9.88. The summed E-state index contributed by atoms with van der Waals surface area (Å²) in [7, 11) is 0. The van der Waals surface area contributed by atoms with E-state index in [9.17, 15) is 4.79 Å². The molecule has 15 nitrogen and oxygen atoms in total. The Labute approximate surface area is 514 Å². The van der Waals surface area contributed by atoms with Crippen molar-refractivity contribution in [3.8, 4) is 5.75 Å². The monoisotopic (exact) mass is 1210 g/mol. The van der Waals surface area contributed by atoms with Crippen molar-refractivity contribution >= 4 is 79.9 Å². The van der Waals surface area contributed by atoms with Crippen LogP contribution in [0.5, 0.6) is 5.75 Å². The lowest BCUT2D eigenvalue weighted by Gasteiger charge is -2.35. The Balaban J connectivity index is 0.000000137. The lowest BCUT2D eigenvalue weighted by Crippen LogP contribution is -2.48. The molecule has 2 saturated heterocycles. The van der Waals surface area contributed by atoms with Crippen molar-refractivity contribution in [2.45, 2.75) is 77.0 Å². The van der Waals surface area contributed by atoms with E-state index in [0.717, 1.165) is 90.1 Å². The molecule has 0 N–H and O–H groups in total. The predicted molar refractivity (Wildman–Crippen MR) is 338 cm³/mol. The third kappa shape index (κ3) is 14.4. The number of para-hydroxylation sites is 1. The topological polar surface area (TPSA) is 143 Å². The summed E-state index contributed by atoms with van der Waals surface area (Å²) in [6.07, 6.45) is 20.0. The van der Waals surface area contributed by atoms with E-state index in [4.69, 9.17) is 54.0 Å². The molecule has 0 spiro atoms. The quantitative estimate of drug-likeness (QED) is 0.0864. The number of piperazine rings is 1. The second-order valence-electron chi connectivity index (χ2n) is 21.2. The molecule has 10 aromatic rings. The van der Waals surface area contributed by atoms with E-state index in [1.807, 2.05) is 100 Å². The number of anilines is 1. The zero-order valence-electron chi connectivity index (χ0n) is 47.6. The number of halogens is 3. The molecular weight excluding hydrogens is 1150 g/mol. The summed E-state index contributed by atoms with van der Waals surface area (Å²) in [5, 5.41) is 7.34. The van der Waals surface area contributed by atoms with Crippen LogP contribution in [0, 0.1) is 5.92 Å². The Hall–Kier alpha value is -7.70. The maximum absolute atomic E-state index is 11.6. The first-order valence-corrected chi connectivity index (χ1v) is 30.6. The number of carbonyl (C=O) groups excluding carboxylic acids is 1. The van der Waals surface area contributed by atoms with Crippen LogP contribution in [0.2, 0.25) is 15.1 Å². The van der Waals surface area contributed by atoms with E-state index in [2.05, 4.69) is 115 Å². The summed E-state index contributed by atoms with van der Waals surface area (Å²) in [6.45, 7) is 10.3. The minimum atomic E-state index is -1.08. The van der Waals surface area contributed by atoms with Crippen molar-refractivity contribution in [3.05, 3.63) is 237 Å². The summed E-state index contributed by atoms with van der Waals surface area (Å²) in [5.74, 6) is 0.342. The van der Waals surface area contributed by atoms with Gasteiger partial charge in [0.05, 0.1) is 63.8 Å². The van der Waals surface area contributed by atoms with E-state index in [-0.39, 0.29) is 24.1 Å². The summed E-state index contributed by atoms with van der Waals surface area (Å²) < 4.78 is 25.9. The van der Waals surface area contributed by atoms with E-state index < -0.39 is 5.79 Å². The van der Waals surface area contributed by atoms with E-state index in [1.54, 1.807) is 55.4 Å². The summed E-state index contributed by atoms with van der Waals surface area (Å²) in [4.78, 5) is 37.4. The average molecular weight is 1220 g/mol. The molecule has 0 aliphatic carbocycles. The number of carbonyl (C=O) groups is 1. The summed E-state index contributed by atoms with van der Waals surface area (Å²) in [6, 6.07) is 45.3. The Morgan fingerprint density at radius 3 is 2.25 bits per heavy atom. The van der Waals surface area contributed by atoms with Crippen molar-refractivity contribution in [2.75, 3.05) is 44.3 Å². The zero-order valence-corrected chi connectivity index (χ0v) is 50.7. The van der Waals surface area contributed by atoms with Gasteiger partial charge in [0.1, 0.15) is 31.1 Å². The third-order valence-corrected chi connectivity index (χ3v) is 17.5. The second kappa shape index (κ2) is 27.6. The molecule has 85 heavy (non-hydrogen) atoms. The lowest BCUT2D eigenvalue weighted by molar-refractivity contribution is -0.189. The van der Waals surface area contributed by atoms with Crippen LogP contribution in [0.3, 0.4) is 0 Å². The molecule has 7 heterocycles. The van der Waals surface area contributed by atoms with Gasteiger partial charge in [-0.05, 0) is 100 Å². The second-order valence-corrected chi connectivity index (χ2v) is 23.6. The number of nitrogens with zero attached hydrogens (tertiary/aromatic N) is 11. The number of aliphatic imine (C=N–C) groups is 1. The number of aromatic nitrogens is 8. The van der Waals surface area contributed by atoms with Gasteiger partial charge in [-0.25, -0.2) is 24.6 Å². The highest BCUT2D eigenvalue weighted by atomic mass is 35.5. The molecule has 3 aliphatic rings. The van der Waals surface area contributed by atoms with Crippen LogP contribution in [0.15, 0.2) is 189 Å². The van der Waals surface area contributed by atoms with Gasteiger partial charge in [0.15, 0.2) is 0 Å². The highest BCUT2D eigenvalue weighted by molar-refractivity contribution is 7.18. The first-order valence-electron chi connectivity index (χ1n) is 28.6. The molecule has 19 heteroatoms. The third-order valence-electron chi connectivity index (χ3n) is 15.7. The van der Waals surface area contributed by atoms with Crippen LogP contribution in [0.25, 0.3) is 10.2 Å². The fraction of sp³-hybridized carbons (Fsp3) is 0.288. The van der Waals surface area contributed by atoms with Gasteiger partial charge in [-0.15, -0.1) is 11.3 Å². The largest absolute Gasteiger partial charge is 0.491 e. The molecule has 436 valence electrons. The van der Waals surface area contributed by atoms with Gasteiger partial charge < -0.3 is 33.1 Å². The number of rotatable bonds is 17. The van der Waals surface area contributed by atoms with Crippen molar-refractivity contribution < 1.29 is 19.0 Å². The van der Waals surface area contributed by atoms with Gasteiger partial charge in [0, 0.05) is 98.2 Å².